The van der Waals surface area contributed by atoms with Crippen molar-refractivity contribution in [3.05, 3.63) is 16.9 Å². The molecule has 0 aromatic carbocycles. The van der Waals surface area contributed by atoms with Crippen LogP contribution in [0, 0.1) is 17.2 Å². The fraction of sp³-hybridized carbons (Fsp3) is 0.636. The highest BCUT2D eigenvalue weighted by Gasteiger charge is 2.26. The molecule has 4 heteroatoms. The van der Waals surface area contributed by atoms with Crippen LogP contribution in [0.5, 0.6) is 0 Å². The Hall–Kier alpha value is -0.820. The molecule has 1 aromatic rings. The SMILES string of the molecule is N#CCC(C1CCCC1)n1cc(Br)cn1. The standard InChI is InChI=1S/C11H14BrN3/c12-10-7-14-15(8-10)11(5-6-13)9-3-1-2-4-9/h7-9,11H,1-5H2. The molecule has 1 heterocycles. The van der Waals surface area contributed by atoms with Gasteiger partial charge in [0.1, 0.15) is 0 Å². The van der Waals surface area contributed by atoms with Gasteiger partial charge in [0.25, 0.3) is 0 Å². The summed E-state index contributed by atoms with van der Waals surface area (Å²) in [6.07, 6.45) is 9.41. The first-order chi connectivity index (χ1) is 7.31. The lowest BCUT2D eigenvalue weighted by Gasteiger charge is -2.21. The second-order valence-electron chi connectivity index (χ2n) is 4.11. The van der Waals surface area contributed by atoms with Gasteiger partial charge in [-0.25, -0.2) is 0 Å². The van der Waals surface area contributed by atoms with Crippen LogP contribution in [0.1, 0.15) is 38.1 Å². The van der Waals surface area contributed by atoms with E-state index >= 15 is 0 Å². The van der Waals surface area contributed by atoms with Crippen LogP contribution < -0.4 is 0 Å². The van der Waals surface area contributed by atoms with E-state index in [0.717, 1.165) is 4.47 Å². The fourth-order valence-electron chi connectivity index (χ4n) is 2.41. The Morgan fingerprint density at radius 3 is 2.87 bits per heavy atom. The van der Waals surface area contributed by atoms with E-state index in [-0.39, 0.29) is 6.04 Å². The molecule has 0 N–H and O–H groups in total. The quantitative estimate of drug-likeness (QED) is 0.844. The highest BCUT2D eigenvalue weighted by atomic mass is 79.9. The average molecular weight is 268 g/mol. The van der Waals surface area contributed by atoms with Gasteiger partial charge in [-0.3, -0.25) is 4.68 Å². The van der Waals surface area contributed by atoms with Crippen LogP contribution in [0.4, 0.5) is 0 Å². The maximum Gasteiger partial charge on any atom is 0.0677 e. The van der Waals surface area contributed by atoms with E-state index in [9.17, 15) is 0 Å². The Morgan fingerprint density at radius 1 is 1.60 bits per heavy atom. The molecule has 1 unspecified atom stereocenters. The molecule has 1 aliphatic rings. The molecular formula is C11H14BrN3. The topological polar surface area (TPSA) is 41.6 Å². The Balaban J connectivity index is 2.15. The number of hydrogen-bond donors (Lipinski definition) is 0. The third-order valence-electron chi connectivity index (χ3n) is 3.15. The maximum atomic E-state index is 8.86. The maximum absolute atomic E-state index is 8.86. The van der Waals surface area contributed by atoms with Gasteiger partial charge in [0.15, 0.2) is 0 Å². The predicted octanol–water partition coefficient (Wildman–Crippen LogP) is 3.29. The van der Waals surface area contributed by atoms with Crippen LogP contribution in [-0.4, -0.2) is 9.78 Å². The number of aromatic nitrogens is 2. The molecule has 0 bridgehead atoms. The summed E-state index contributed by atoms with van der Waals surface area (Å²) in [4.78, 5) is 0. The zero-order valence-electron chi connectivity index (χ0n) is 8.56. The molecule has 1 saturated carbocycles. The molecule has 80 valence electrons. The van der Waals surface area contributed by atoms with E-state index in [0.29, 0.717) is 12.3 Å². The lowest BCUT2D eigenvalue weighted by atomic mass is 9.96. The van der Waals surface area contributed by atoms with Gasteiger partial charge in [-0.15, -0.1) is 0 Å². The van der Waals surface area contributed by atoms with Crippen molar-refractivity contribution in [1.29, 1.82) is 5.26 Å². The van der Waals surface area contributed by atoms with E-state index < -0.39 is 0 Å². The van der Waals surface area contributed by atoms with Crippen molar-refractivity contribution < 1.29 is 0 Å². The summed E-state index contributed by atoms with van der Waals surface area (Å²) in [7, 11) is 0. The smallest absolute Gasteiger partial charge is 0.0677 e. The third-order valence-corrected chi connectivity index (χ3v) is 3.56. The lowest BCUT2D eigenvalue weighted by molar-refractivity contribution is 0.314. The largest absolute Gasteiger partial charge is 0.267 e. The van der Waals surface area contributed by atoms with E-state index in [2.05, 4.69) is 27.1 Å². The van der Waals surface area contributed by atoms with Crippen LogP contribution in [0.25, 0.3) is 0 Å². The number of halogens is 1. The second kappa shape index (κ2) is 4.80. The van der Waals surface area contributed by atoms with Crippen molar-refractivity contribution in [3.63, 3.8) is 0 Å². The summed E-state index contributed by atoms with van der Waals surface area (Å²) in [6.45, 7) is 0. The molecule has 0 saturated heterocycles. The molecule has 1 aliphatic carbocycles. The normalized spacial score (nSPS) is 18.9. The van der Waals surface area contributed by atoms with Gasteiger partial charge in [-0.1, -0.05) is 12.8 Å². The van der Waals surface area contributed by atoms with Crippen LogP contribution in [-0.2, 0) is 0 Å². The number of hydrogen-bond acceptors (Lipinski definition) is 2. The lowest BCUT2D eigenvalue weighted by Crippen LogP contribution is -2.17. The summed E-state index contributed by atoms with van der Waals surface area (Å²) in [5, 5.41) is 13.2. The van der Waals surface area contributed by atoms with Gasteiger partial charge < -0.3 is 0 Å². The third kappa shape index (κ3) is 2.40. The van der Waals surface area contributed by atoms with Crippen LogP contribution in [0.15, 0.2) is 16.9 Å². The molecule has 0 radical (unpaired) electrons. The molecule has 0 spiro atoms. The Morgan fingerprint density at radius 2 is 2.33 bits per heavy atom. The Labute approximate surface area is 98.2 Å². The van der Waals surface area contributed by atoms with Crippen molar-refractivity contribution >= 4 is 15.9 Å². The van der Waals surface area contributed by atoms with Crippen molar-refractivity contribution in [2.45, 2.75) is 38.1 Å². The minimum atomic E-state index is 0.267. The summed E-state index contributed by atoms with van der Waals surface area (Å²) >= 11 is 3.39. The minimum Gasteiger partial charge on any atom is -0.267 e. The summed E-state index contributed by atoms with van der Waals surface area (Å²) in [5.74, 6) is 0.636. The highest BCUT2D eigenvalue weighted by Crippen LogP contribution is 2.35. The molecule has 15 heavy (non-hydrogen) atoms. The second-order valence-corrected chi connectivity index (χ2v) is 5.03. The molecule has 1 aromatic heterocycles. The van der Waals surface area contributed by atoms with E-state index in [4.69, 9.17) is 5.26 Å². The van der Waals surface area contributed by atoms with Gasteiger partial charge in [-0.05, 0) is 34.7 Å². The molecule has 2 rings (SSSR count). The Bertz CT molecular complexity index is 360. The van der Waals surface area contributed by atoms with Crippen LogP contribution in [0.2, 0.25) is 0 Å². The molecule has 0 aliphatic heterocycles. The van der Waals surface area contributed by atoms with Gasteiger partial charge in [-0.2, -0.15) is 10.4 Å². The van der Waals surface area contributed by atoms with E-state index in [1.54, 1.807) is 6.20 Å². The minimum absolute atomic E-state index is 0.267. The first-order valence-electron chi connectivity index (χ1n) is 5.38. The fourth-order valence-corrected chi connectivity index (χ4v) is 2.71. The van der Waals surface area contributed by atoms with E-state index in [1.165, 1.54) is 25.7 Å². The van der Waals surface area contributed by atoms with Gasteiger partial charge in [0, 0.05) is 6.20 Å². The van der Waals surface area contributed by atoms with Gasteiger partial charge in [0.2, 0.25) is 0 Å². The number of nitrogens with zero attached hydrogens (tertiary/aromatic N) is 3. The first-order valence-corrected chi connectivity index (χ1v) is 6.17. The van der Waals surface area contributed by atoms with Gasteiger partial charge in [0.05, 0.1) is 29.2 Å². The average Bonchev–Trinajstić information content (AvgIpc) is 2.85. The van der Waals surface area contributed by atoms with Gasteiger partial charge >= 0.3 is 0 Å². The monoisotopic (exact) mass is 267 g/mol. The Kier molecular flexibility index (Phi) is 3.42. The highest BCUT2D eigenvalue weighted by molar-refractivity contribution is 9.10. The molecule has 3 nitrogen and oxygen atoms in total. The molecule has 1 fully saturated rings. The van der Waals surface area contributed by atoms with Crippen molar-refractivity contribution in [2.24, 2.45) is 5.92 Å². The summed E-state index contributed by atoms with van der Waals surface area (Å²) in [5.41, 5.74) is 0. The van der Waals surface area contributed by atoms with Crippen molar-refractivity contribution in [1.82, 2.24) is 9.78 Å². The van der Waals surface area contributed by atoms with Crippen molar-refractivity contribution in [2.75, 3.05) is 0 Å². The van der Waals surface area contributed by atoms with Crippen LogP contribution >= 0.6 is 15.9 Å². The number of rotatable bonds is 3. The molecule has 1 atom stereocenters. The van der Waals surface area contributed by atoms with Crippen LogP contribution in [0.3, 0.4) is 0 Å². The molecule has 0 amide bonds. The predicted molar refractivity (Wildman–Crippen MR) is 61.2 cm³/mol. The zero-order chi connectivity index (χ0) is 10.7. The van der Waals surface area contributed by atoms with E-state index in [1.807, 2.05) is 10.9 Å². The zero-order valence-corrected chi connectivity index (χ0v) is 10.2. The van der Waals surface area contributed by atoms with Crippen molar-refractivity contribution in [3.8, 4) is 6.07 Å². The summed E-state index contributed by atoms with van der Waals surface area (Å²) in [6, 6.07) is 2.54. The molecular weight excluding hydrogens is 254 g/mol. The number of nitriles is 1. The summed E-state index contributed by atoms with van der Waals surface area (Å²) < 4.78 is 2.94. The first kappa shape index (κ1) is 10.7.